The molecular formula is C19H21BrN2O3. The van der Waals surface area contributed by atoms with Crippen LogP contribution in [0.3, 0.4) is 0 Å². The van der Waals surface area contributed by atoms with Crippen LogP contribution in [0.5, 0.6) is 5.75 Å². The standard InChI is InChI=1S/C19H21BrN2O3/c1-13(2)18(19(24)21-15-8-6-7-14(20)11-15)22-17(23)12-25-16-9-4-3-5-10-16/h3-11,13,18H,12H2,1-2H3,(H,21,24)(H,22,23). The number of benzene rings is 2. The van der Waals surface area contributed by atoms with E-state index in [9.17, 15) is 9.59 Å². The van der Waals surface area contributed by atoms with Gasteiger partial charge in [-0.15, -0.1) is 0 Å². The van der Waals surface area contributed by atoms with Crippen molar-refractivity contribution in [3.63, 3.8) is 0 Å². The van der Waals surface area contributed by atoms with Crippen molar-refractivity contribution in [1.29, 1.82) is 0 Å². The van der Waals surface area contributed by atoms with Crippen LogP contribution in [0.15, 0.2) is 59.1 Å². The van der Waals surface area contributed by atoms with E-state index in [1.807, 2.05) is 44.2 Å². The van der Waals surface area contributed by atoms with Crippen molar-refractivity contribution in [3.05, 3.63) is 59.1 Å². The Morgan fingerprint density at radius 1 is 1.08 bits per heavy atom. The first-order valence-electron chi connectivity index (χ1n) is 7.99. The maximum absolute atomic E-state index is 12.5. The molecule has 1 unspecified atom stereocenters. The Morgan fingerprint density at radius 2 is 1.80 bits per heavy atom. The predicted molar refractivity (Wildman–Crippen MR) is 101 cm³/mol. The quantitative estimate of drug-likeness (QED) is 0.740. The van der Waals surface area contributed by atoms with Crippen LogP contribution >= 0.6 is 15.9 Å². The van der Waals surface area contributed by atoms with Gasteiger partial charge in [-0.1, -0.05) is 54.0 Å². The molecule has 0 radical (unpaired) electrons. The third-order valence-corrected chi connectivity index (χ3v) is 3.96. The zero-order valence-corrected chi connectivity index (χ0v) is 15.7. The third-order valence-electron chi connectivity index (χ3n) is 3.47. The molecule has 25 heavy (non-hydrogen) atoms. The summed E-state index contributed by atoms with van der Waals surface area (Å²) in [4.78, 5) is 24.6. The number of amides is 2. The summed E-state index contributed by atoms with van der Waals surface area (Å²) in [5, 5.41) is 5.55. The molecule has 0 heterocycles. The van der Waals surface area contributed by atoms with E-state index in [0.717, 1.165) is 4.47 Å². The predicted octanol–water partition coefficient (Wildman–Crippen LogP) is 3.61. The van der Waals surface area contributed by atoms with E-state index >= 15 is 0 Å². The number of carbonyl (C=O) groups is 2. The first-order chi connectivity index (χ1) is 12.0. The second-order valence-electron chi connectivity index (χ2n) is 5.89. The summed E-state index contributed by atoms with van der Waals surface area (Å²) in [5.74, 6) is -0.0572. The Labute approximate surface area is 155 Å². The molecule has 0 aliphatic heterocycles. The molecule has 0 aliphatic carbocycles. The lowest BCUT2D eigenvalue weighted by Gasteiger charge is -2.22. The van der Waals surface area contributed by atoms with E-state index in [1.54, 1.807) is 24.3 Å². The van der Waals surface area contributed by atoms with Crippen LogP contribution in [0.4, 0.5) is 5.69 Å². The minimum Gasteiger partial charge on any atom is -0.484 e. The van der Waals surface area contributed by atoms with Crippen molar-refractivity contribution in [1.82, 2.24) is 5.32 Å². The fourth-order valence-electron chi connectivity index (χ4n) is 2.20. The van der Waals surface area contributed by atoms with Crippen molar-refractivity contribution in [2.75, 3.05) is 11.9 Å². The van der Waals surface area contributed by atoms with Gasteiger partial charge < -0.3 is 15.4 Å². The Bertz CT molecular complexity index is 720. The number of carbonyl (C=O) groups excluding carboxylic acids is 2. The molecule has 0 aromatic heterocycles. The van der Waals surface area contributed by atoms with Gasteiger partial charge in [0.2, 0.25) is 5.91 Å². The number of rotatable bonds is 7. The summed E-state index contributed by atoms with van der Waals surface area (Å²) < 4.78 is 6.28. The van der Waals surface area contributed by atoms with E-state index in [4.69, 9.17) is 4.74 Å². The van der Waals surface area contributed by atoms with Gasteiger partial charge in [0, 0.05) is 10.2 Å². The molecule has 0 fully saturated rings. The summed E-state index contributed by atoms with van der Waals surface area (Å²) in [6, 6.07) is 15.7. The Morgan fingerprint density at radius 3 is 2.44 bits per heavy atom. The minimum atomic E-state index is -0.647. The average molecular weight is 405 g/mol. The monoisotopic (exact) mass is 404 g/mol. The van der Waals surface area contributed by atoms with Crippen molar-refractivity contribution in [2.24, 2.45) is 5.92 Å². The molecule has 0 spiro atoms. The largest absolute Gasteiger partial charge is 0.484 e. The van der Waals surface area contributed by atoms with Crippen LogP contribution in [-0.4, -0.2) is 24.5 Å². The number of hydrogen-bond acceptors (Lipinski definition) is 3. The van der Waals surface area contributed by atoms with E-state index in [1.165, 1.54) is 0 Å². The number of ether oxygens (including phenoxy) is 1. The molecule has 132 valence electrons. The smallest absolute Gasteiger partial charge is 0.258 e. The maximum atomic E-state index is 12.5. The minimum absolute atomic E-state index is 0.0622. The highest BCUT2D eigenvalue weighted by atomic mass is 79.9. The van der Waals surface area contributed by atoms with Gasteiger partial charge in [-0.05, 0) is 36.2 Å². The van der Waals surface area contributed by atoms with Crippen LogP contribution in [0.2, 0.25) is 0 Å². The zero-order chi connectivity index (χ0) is 18.2. The topological polar surface area (TPSA) is 67.4 Å². The fourth-order valence-corrected chi connectivity index (χ4v) is 2.60. The Kier molecular flexibility index (Phi) is 7.01. The second-order valence-corrected chi connectivity index (χ2v) is 6.81. The zero-order valence-electron chi connectivity index (χ0n) is 14.2. The number of anilines is 1. The second kappa shape index (κ2) is 9.22. The number of nitrogens with one attached hydrogen (secondary N) is 2. The molecule has 5 nitrogen and oxygen atoms in total. The highest BCUT2D eigenvalue weighted by molar-refractivity contribution is 9.10. The van der Waals surface area contributed by atoms with Crippen LogP contribution in [-0.2, 0) is 9.59 Å². The SMILES string of the molecule is CC(C)C(NC(=O)COc1ccccc1)C(=O)Nc1cccc(Br)c1. The molecule has 2 amide bonds. The average Bonchev–Trinajstić information content (AvgIpc) is 2.58. The van der Waals surface area contributed by atoms with Gasteiger partial charge in [-0.25, -0.2) is 0 Å². The van der Waals surface area contributed by atoms with Crippen molar-refractivity contribution in [2.45, 2.75) is 19.9 Å². The molecule has 1 atom stereocenters. The molecule has 0 saturated carbocycles. The van der Waals surface area contributed by atoms with Crippen molar-refractivity contribution < 1.29 is 14.3 Å². The summed E-state index contributed by atoms with van der Waals surface area (Å²) in [6.45, 7) is 3.62. The first kappa shape index (κ1) is 19.0. The number of halogens is 1. The number of para-hydroxylation sites is 1. The van der Waals surface area contributed by atoms with Gasteiger partial charge in [0.1, 0.15) is 11.8 Å². The molecule has 2 rings (SSSR count). The maximum Gasteiger partial charge on any atom is 0.258 e. The summed E-state index contributed by atoms with van der Waals surface area (Å²) in [5.41, 5.74) is 0.666. The first-order valence-corrected chi connectivity index (χ1v) is 8.78. The van der Waals surface area contributed by atoms with Gasteiger partial charge in [-0.2, -0.15) is 0 Å². The third kappa shape index (κ3) is 6.23. The molecular weight excluding hydrogens is 384 g/mol. The molecule has 0 saturated heterocycles. The van der Waals surface area contributed by atoms with Crippen LogP contribution in [0.1, 0.15) is 13.8 Å². The number of hydrogen-bond donors (Lipinski definition) is 2. The van der Waals surface area contributed by atoms with Gasteiger partial charge in [0.15, 0.2) is 6.61 Å². The lowest BCUT2D eigenvalue weighted by atomic mass is 10.0. The molecule has 0 bridgehead atoms. The fraction of sp³-hybridized carbons (Fsp3) is 0.263. The lowest BCUT2D eigenvalue weighted by Crippen LogP contribution is -2.48. The van der Waals surface area contributed by atoms with Gasteiger partial charge in [0.05, 0.1) is 0 Å². The molecule has 0 aliphatic rings. The van der Waals surface area contributed by atoms with E-state index in [0.29, 0.717) is 11.4 Å². The molecule has 6 heteroatoms. The highest BCUT2D eigenvalue weighted by Gasteiger charge is 2.24. The van der Waals surface area contributed by atoms with Crippen molar-refractivity contribution >= 4 is 33.4 Å². The molecule has 2 aromatic rings. The van der Waals surface area contributed by atoms with Gasteiger partial charge >= 0.3 is 0 Å². The summed E-state index contributed by atoms with van der Waals surface area (Å²) in [6.07, 6.45) is 0. The highest BCUT2D eigenvalue weighted by Crippen LogP contribution is 2.16. The summed E-state index contributed by atoms with van der Waals surface area (Å²) >= 11 is 3.36. The normalized spacial score (nSPS) is 11.7. The van der Waals surface area contributed by atoms with E-state index in [2.05, 4.69) is 26.6 Å². The molecule has 2 N–H and O–H groups in total. The Balaban J connectivity index is 1.92. The Hall–Kier alpha value is -2.34. The van der Waals surface area contributed by atoms with Crippen LogP contribution < -0.4 is 15.4 Å². The summed E-state index contributed by atoms with van der Waals surface area (Å²) in [7, 11) is 0. The van der Waals surface area contributed by atoms with Crippen molar-refractivity contribution in [3.8, 4) is 5.75 Å². The van der Waals surface area contributed by atoms with Gasteiger partial charge in [0.25, 0.3) is 5.91 Å². The van der Waals surface area contributed by atoms with E-state index < -0.39 is 6.04 Å². The lowest BCUT2D eigenvalue weighted by molar-refractivity contribution is -0.128. The van der Waals surface area contributed by atoms with E-state index in [-0.39, 0.29) is 24.3 Å². The van der Waals surface area contributed by atoms with Gasteiger partial charge in [-0.3, -0.25) is 9.59 Å². The van der Waals surface area contributed by atoms with Crippen LogP contribution in [0, 0.1) is 5.92 Å². The molecule has 2 aromatic carbocycles. The van der Waals surface area contributed by atoms with Crippen LogP contribution in [0.25, 0.3) is 0 Å².